The van der Waals surface area contributed by atoms with Gasteiger partial charge < -0.3 is 10.6 Å². The zero-order valence-corrected chi connectivity index (χ0v) is 18.1. The molecule has 0 radical (unpaired) electrons. The zero-order chi connectivity index (χ0) is 23.3. The normalized spacial score (nSPS) is 16.0. The molecule has 1 fully saturated rings. The van der Waals surface area contributed by atoms with Gasteiger partial charge in [-0.1, -0.05) is 20.8 Å². The maximum atomic E-state index is 13.7. The molecule has 1 amide bonds. The first-order chi connectivity index (χ1) is 14.9. The molecule has 0 aromatic carbocycles. The molecule has 4 heterocycles. The number of nitrogens with zero attached hydrogens (tertiary/aromatic N) is 5. The van der Waals surface area contributed by atoms with Gasteiger partial charge in [-0.3, -0.25) is 4.79 Å². The van der Waals surface area contributed by atoms with Crippen molar-refractivity contribution in [2.45, 2.75) is 51.1 Å². The minimum atomic E-state index is -4.55. The van der Waals surface area contributed by atoms with Crippen LogP contribution in [0.15, 0.2) is 30.5 Å². The lowest BCUT2D eigenvalue weighted by molar-refractivity contribution is -0.142. The number of piperidine rings is 1. The number of hydrogen-bond acceptors (Lipinski definition) is 5. The second kappa shape index (κ2) is 7.75. The maximum absolute atomic E-state index is 13.7. The fourth-order valence-corrected chi connectivity index (χ4v) is 3.87. The third-order valence-electron chi connectivity index (χ3n) is 5.74. The number of nitrogen functional groups attached to an aromatic ring is 1. The Hall–Kier alpha value is -3.17. The molecule has 7 nitrogen and oxygen atoms in total. The van der Waals surface area contributed by atoms with Crippen LogP contribution in [0, 0.1) is 0 Å². The summed E-state index contributed by atoms with van der Waals surface area (Å²) >= 11 is 0. The quantitative estimate of drug-likeness (QED) is 0.642. The van der Waals surface area contributed by atoms with Crippen molar-refractivity contribution >= 4 is 17.4 Å². The smallest absolute Gasteiger partial charge is 0.384 e. The van der Waals surface area contributed by atoms with E-state index in [0.29, 0.717) is 48.7 Å². The number of carbonyl (C=O) groups is 1. The van der Waals surface area contributed by atoms with Crippen molar-refractivity contribution in [1.29, 1.82) is 0 Å². The van der Waals surface area contributed by atoms with Gasteiger partial charge in [0.2, 0.25) is 0 Å². The van der Waals surface area contributed by atoms with Crippen molar-refractivity contribution < 1.29 is 18.0 Å². The molecule has 0 atom stereocenters. The second-order valence-corrected chi connectivity index (χ2v) is 9.15. The van der Waals surface area contributed by atoms with E-state index >= 15 is 0 Å². The SMILES string of the molecule is CC(C)(C)c1cc(C(F)(F)F)n2nc(C3CCN(C(=O)c4ccc(N)nc4)CC3)cc2n1. The first-order valence-electron chi connectivity index (χ1n) is 10.4. The summed E-state index contributed by atoms with van der Waals surface area (Å²) in [6, 6.07) is 5.92. The van der Waals surface area contributed by atoms with Crippen molar-refractivity contribution in [1.82, 2.24) is 24.5 Å². The van der Waals surface area contributed by atoms with E-state index in [1.807, 2.05) is 20.8 Å². The zero-order valence-electron chi connectivity index (χ0n) is 18.1. The molecule has 0 aliphatic carbocycles. The molecule has 2 N–H and O–H groups in total. The number of pyridine rings is 1. The number of aromatic nitrogens is 4. The highest BCUT2D eigenvalue weighted by atomic mass is 19.4. The number of alkyl halides is 3. The third-order valence-corrected chi connectivity index (χ3v) is 5.74. The fraction of sp³-hybridized carbons (Fsp3) is 0.455. The van der Waals surface area contributed by atoms with Crippen molar-refractivity contribution in [3.63, 3.8) is 0 Å². The summed E-state index contributed by atoms with van der Waals surface area (Å²) in [5, 5.41) is 4.27. The Kier molecular flexibility index (Phi) is 5.34. The van der Waals surface area contributed by atoms with E-state index < -0.39 is 17.3 Å². The van der Waals surface area contributed by atoms with Crippen LogP contribution in [0.1, 0.15) is 67.0 Å². The molecule has 1 aliphatic heterocycles. The number of fused-ring (bicyclic) bond motifs is 1. The van der Waals surface area contributed by atoms with E-state index in [2.05, 4.69) is 15.1 Å². The van der Waals surface area contributed by atoms with Crippen LogP contribution in [0.25, 0.3) is 5.65 Å². The third kappa shape index (κ3) is 4.26. The number of likely N-dealkylation sites (tertiary alicyclic amines) is 1. The summed E-state index contributed by atoms with van der Waals surface area (Å²) < 4.78 is 42.0. The minimum absolute atomic E-state index is 0.0514. The Morgan fingerprint density at radius 1 is 1.12 bits per heavy atom. The number of nitrogens with two attached hydrogens (primary N) is 1. The molecular formula is C22H25F3N6O. The van der Waals surface area contributed by atoms with Gasteiger partial charge in [0.15, 0.2) is 5.65 Å². The first-order valence-corrected chi connectivity index (χ1v) is 10.4. The molecular weight excluding hydrogens is 421 g/mol. The summed E-state index contributed by atoms with van der Waals surface area (Å²) in [4.78, 5) is 22.8. The monoisotopic (exact) mass is 446 g/mol. The van der Waals surface area contributed by atoms with Gasteiger partial charge in [0.05, 0.1) is 17.0 Å². The fourth-order valence-electron chi connectivity index (χ4n) is 3.87. The van der Waals surface area contributed by atoms with Crippen LogP contribution in [0.3, 0.4) is 0 Å². The van der Waals surface area contributed by atoms with Crippen LogP contribution >= 0.6 is 0 Å². The number of rotatable bonds is 2. The average Bonchev–Trinajstić information content (AvgIpc) is 3.16. The molecule has 1 saturated heterocycles. The van der Waals surface area contributed by atoms with Crippen LogP contribution in [-0.4, -0.2) is 43.5 Å². The van der Waals surface area contributed by atoms with E-state index in [1.54, 1.807) is 23.1 Å². The van der Waals surface area contributed by atoms with Crippen molar-refractivity contribution in [2.75, 3.05) is 18.8 Å². The molecule has 32 heavy (non-hydrogen) atoms. The van der Waals surface area contributed by atoms with Gasteiger partial charge in [0, 0.05) is 36.7 Å². The highest BCUT2D eigenvalue weighted by Crippen LogP contribution is 2.34. The molecule has 3 aromatic heterocycles. The number of carbonyl (C=O) groups excluding carboxylic acids is 1. The lowest BCUT2D eigenvalue weighted by Crippen LogP contribution is -2.38. The minimum Gasteiger partial charge on any atom is -0.384 e. The standard InChI is InChI=1S/C22H25F3N6O/c1-21(2,3)16-11-17(22(23,24)25)31-19(28-16)10-15(29-31)13-6-8-30(9-7-13)20(32)14-4-5-18(26)27-12-14/h4-5,10-13H,6-9H2,1-3H3,(H2,26,27). The van der Waals surface area contributed by atoms with Crippen molar-refractivity contribution in [3.05, 3.63) is 53.1 Å². The van der Waals surface area contributed by atoms with E-state index in [-0.39, 0.29) is 17.5 Å². The Morgan fingerprint density at radius 2 is 1.81 bits per heavy atom. The number of hydrogen-bond donors (Lipinski definition) is 1. The molecule has 0 bridgehead atoms. The predicted molar refractivity (Wildman–Crippen MR) is 113 cm³/mol. The van der Waals surface area contributed by atoms with Gasteiger partial charge in [0.25, 0.3) is 5.91 Å². The molecule has 170 valence electrons. The summed E-state index contributed by atoms with van der Waals surface area (Å²) in [5.41, 5.74) is 5.78. The summed E-state index contributed by atoms with van der Waals surface area (Å²) in [7, 11) is 0. The summed E-state index contributed by atoms with van der Waals surface area (Å²) in [6.45, 7) is 6.44. The molecule has 4 rings (SSSR count). The van der Waals surface area contributed by atoms with Crippen LogP contribution in [0.5, 0.6) is 0 Å². The Balaban J connectivity index is 1.57. The first kappa shape index (κ1) is 22.0. The number of anilines is 1. The lowest BCUT2D eigenvalue weighted by atomic mass is 9.91. The predicted octanol–water partition coefficient (Wildman–Crippen LogP) is 4.04. The average molecular weight is 446 g/mol. The lowest BCUT2D eigenvalue weighted by Gasteiger charge is -2.31. The highest BCUT2D eigenvalue weighted by molar-refractivity contribution is 5.94. The van der Waals surface area contributed by atoms with Gasteiger partial charge in [-0.15, -0.1) is 0 Å². The molecule has 3 aromatic rings. The van der Waals surface area contributed by atoms with Crippen molar-refractivity contribution in [3.8, 4) is 0 Å². The van der Waals surface area contributed by atoms with Gasteiger partial charge in [-0.25, -0.2) is 14.5 Å². The van der Waals surface area contributed by atoms with Gasteiger partial charge in [-0.2, -0.15) is 18.3 Å². The molecule has 10 heteroatoms. The number of halogens is 3. The Labute approximate surface area is 183 Å². The van der Waals surface area contributed by atoms with E-state index in [4.69, 9.17) is 5.73 Å². The topological polar surface area (TPSA) is 89.4 Å². The Morgan fingerprint density at radius 3 is 2.38 bits per heavy atom. The van der Waals surface area contributed by atoms with Crippen LogP contribution in [0.2, 0.25) is 0 Å². The van der Waals surface area contributed by atoms with Gasteiger partial charge >= 0.3 is 6.18 Å². The molecule has 0 unspecified atom stereocenters. The molecule has 0 spiro atoms. The highest BCUT2D eigenvalue weighted by Gasteiger charge is 2.37. The number of amides is 1. The van der Waals surface area contributed by atoms with E-state index in [1.165, 1.54) is 6.20 Å². The van der Waals surface area contributed by atoms with Gasteiger partial charge in [-0.05, 0) is 31.0 Å². The molecule has 1 aliphatic rings. The molecule has 0 saturated carbocycles. The summed E-state index contributed by atoms with van der Waals surface area (Å²) in [5.74, 6) is 0.153. The Bertz CT molecular complexity index is 1140. The van der Waals surface area contributed by atoms with E-state index in [0.717, 1.165) is 10.6 Å². The van der Waals surface area contributed by atoms with Crippen LogP contribution in [-0.2, 0) is 11.6 Å². The maximum Gasteiger partial charge on any atom is 0.433 e. The summed E-state index contributed by atoms with van der Waals surface area (Å²) in [6.07, 6.45) is -1.90. The van der Waals surface area contributed by atoms with Gasteiger partial charge in [0.1, 0.15) is 11.5 Å². The van der Waals surface area contributed by atoms with Crippen LogP contribution in [0.4, 0.5) is 19.0 Å². The van der Waals surface area contributed by atoms with E-state index in [9.17, 15) is 18.0 Å². The largest absolute Gasteiger partial charge is 0.433 e. The van der Waals surface area contributed by atoms with Crippen molar-refractivity contribution in [2.24, 2.45) is 0 Å². The van der Waals surface area contributed by atoms with Crippen LogP contribution < -0.4 is 5.73 Å². The second-order valence-electron chi connectivity index (χ2n) is 9.15.